The lowest BCUT2D eigenvalue weighted by molar-refractivity contribution is 0.0107. The number of methoxy groups -OCH3 is 1. The molecule has 0 aromatic heterocycles. The van der Waals surface area contributed by atoms with E-state index in [1.807, 2.05) is 0 Å². The molecule has 33 heavy (non-hydrogen) atoms. The lowest BCUT2D eigenvalue weighted by atomic mass is 9.53. The Hall–Kier alpha value is -2.00. The average Bonchev–Trinajstić information content (AvgIpc) is 2.81. The Morgan fingerprint density at radius 1 is 0.970 bits per heavy atom. The Bertz CT molecular complexity index is 946. The normalized spacial score (nSPS) is 34.2. The molecular formula is C30H40N2O. The van der Waals surface area contributed by atoms with Crippen LogP contribution in [-0.4, -0.2) is 18.7 Å². The monoisotopic (exact) mass is 444 g/mol. The molecular weight excluding hydrogens is 404 g/mol. The molecule has 0 amide bonds. The third-order valence-electron chi connectivity index (χ3n) is 9.13. The van der Waals surface area contributed by atoms with Crippen LogP contribution in [0.1, 0.15) is 87.4 Å². The maximum Gasteiger partial charge on any atom is 0.119 e. The molecule has 2 N–H and O–H groups in total. The molecule has 3 nitrogen and oxygen atoms in total. The second-order valence-corrected chi connectivity index (χ2v) is 11.7. The number of ether oxygens (including phenoxy) is 1. The van der Waals surface area contributed by atoms with Crippen molar-refractivity contribution in [1.82, 2.24) is 5.32 Å². The van der Waals surface area contributed by atoms with Crippen molar-refractivity contribution >= 4 is 5.69 Å². The zero-order chi connectivity index (χ0) is 22.4. The highest BCUT2D eigenvalue weighted by Crippen LogP contribution is 2.56. The van der Waals surface area contributed by atoms with Crippen molar-refractivity contribution in [2.75, 3.05) is 12.4 Å². The first kappa shape index (κ1) is 21.5. The highest BCUT2D eigenvalue weighted by atomic mass is 16.5. The summed E-state index contributed by atoms with van der Waals surface area (Å²) < 4.78 is 5.54. The van der Waals surface area contributed by atoms with Crippen LogP contribution in [0.25, 0.3) is 0 Å². The zero-order valence-corrected chi connectivity index (χ0v) is 20.4. The van der Waals surface area contributed by atoms with Gasteiger partial charge in [-0.15, -0.1) is 0 Å². The minimum atomic E-state index is 0.259. The van der Waals surface area contributed by atoms with E-state index in [4.69, 9.17) is 4.74 Å². The number of rotatable bonds is 7. The summed E-state index contributed by atoms with van der Waals surface area (Å²) in [5.41, 5.74) is 5.90. The van der Waals surface area contributed by atoms with Gasteiger partial charge in [-0.1, -0.05) is 38.0 Å². The molecule has 2 aromatic carbocycles. The Labute approximate surface area is 199 Å². The molecule has 2 aromatic rings. The van der Waals surface area contributed by atoms with Crippen molar-refractivity contribution < 1.29 is 4.74 Å². The van der Waals surface area contributed by atoms with E-state index in [9.17, 15) is 0 Å². The fraction of sp³-hybridized carbons (Fsp3) is 0.600. The van der Waals surface area contributed by atoms with Gasteiger partial charge in [0.15, 0.2) is 0 Å². The van der Waals surface area contributed by atoms with Gasteiger partial charge >= 0.3 is 0 Å². The molecule has 7 rings (SSSR count). The molecule has 1 heterocycles. The summed E-state index contributed by atoms with van der Waals surface area (Å²) in [6.45, 7) is 2.28. The van der Waals surface area contributed by atoms with E-state index in [1.54, 1.807) is 7.11 Å². The fourth-order valence-corrected chi connectivity index (χ4v) is 8.06. The van der Waals surface area contributed by atoms with E-state index < -0.39 is 0 Å². The van der Waals surface area contributed by atoms with Crippen LogP contribution in [0.3, 0.4) is 0 Å². The molecule has 4 aliphatic carbocycles. The number of hydrogen-bond acceptors (Lipinski definition) is 3. The van der Waals surface area contributed by atoms with E-state index in [2.05, 4.69) is 60.0 Å². The second kappa shape index (κ2) is 8.65. The minimum absolute atomic E-state index is 0.259. The number of nitrogens with one attached hydrogen (secondary N) is 2. The van der Waals surface area contributed by atoms with Crippen molar-refractivity contribution in [2.24, 2.45) is 17.8 Å². The van der Waals surface area contributed by atoms with Crippen LogP contribution >= 0.6 is 0 Å². The summed E-state index contributed by atoms with van der Waals surface area (Å²) in [5, 5.41) is 8.03. The third kappa shape index (κ3) is 4.18. The van der Waals surface area contributed by atoms with E-state index in [0.717, 1.165) is 29.9 Å². The number of hydrogen-bond donors (Lipinski definition) is 2. The van der Waals surface area contributed by atoms with Gasteiger partial charge in [0.05, 0.1) is 13.2 Å². The van der Waals surface area contributed by atoms with Crippen LogP contribution in [-0.2, 0) is 6.42 Å². The molecule has 3 heteroatoms. The van der Waals surface area contributed by atoms with E-state index in [0.29, 0.717) is 11.6 Å². The van der Waals surface area contributed by atoms with Crippen LogP contribution in [0, 0.1) is 17.8 Å². The Morgan fingerprint density at radius 2 is 1.67 bits per heavy atom. The molecule has 4 fully saturated rings. The molecule has 4 saturated carbocycles. The van der Waals surface area contributed by atoms with Crippen molar-refractivity contribution in [1.29, 1.82) is 0 Å². The Morgan fingerprint density at radius 3 is 2.30 bits per heavy atom. The molecule has 0 radical (unpaired) electrons. The molecule has 176 valence electrons. The quantitative estimate of drug-likeness (QED) is 0.489. The van der Waals surface area contributed by atoms with Gasteiger partial charge in [-0.3, -0.25) is 0 Å². The summed E-state index contributed by atoms with van der Waals surface area (Å²) in [6, 6.07) is 16.8. The van der Waals surface area contributed by atoms with E-state index in [1.165, 1.54) is 80.2 Å². The third-order valence-corrected chi connectivity index (χ3v) is 9.13. The molecule has 2 atom stereocenters. The molecule has 5 aliphatic rings. The largest absolute Gasteiger partial charge is 0.497 e. The summed E-state index contributed by atoms with van der Waals surface area (Å²) in [5.74, 6) is 3.90. The van der Waals surface area contributed by atoms with Gasteiger partial charge in [-0.05, 0) is 110 Å². The minimum Gasteiger partial charge on any atom is -0.497 e. The van der Waals surface area contributed by atoms with Gasteiger partial charge < -0.3 is 15.4 Å². The number of unbranched alkanes of at least 4 members (excludes halogenated alkanes) is 1. The standard InChI is InChI=1S/C30H40N2O/c1-3-4-5-26-15-24-16-27(33-2)10-11-28(24)29(31-26)23-6-8-25(9-7-23)32-30-17-20-12-21(18-30)14-22(13-20)19-30/h6-11,16,20-22,26,29,31-32H,3-5,12-15,17-19H2,1-2H3/t20?,21?,22?,26-,29?,30?/m0/s1. The van der Waals surface area contributed by atoms with Crippen LogP contribution in [0.15, 0.2) is 42.5 Å². The lowest BCUT2D eigenvalue weighted by Crippen LogP contribution is -2.54. The first-order valence-corrected chi connectivity index (χ1v) is 13.4. The van der Waals surface area contributed by atoms with Crippen LogP contribution in [0.5, 0.6) is 5.75 Å². The topological polar surface area (TPSA) is 33.3 Å². The predicted molar refractivity (Wildman–Crippen MR) is 136 cm³/mol. The van der Waals surface area contributed by atoms with Crippen molar-refractivity contribution in [2.45, 2.75) is 88.8 Å². The molecule has 1 aliphatic heterocycles. The fourth-order valence-electron chi connectivity index (χ4n) is 8.06. The zero-order valence-electron chi connectivity index (χ0n) is 20.4. The first-order valence-electron chi connectivity index (χ1n) is 13.4. The first-order chi connectivity index (χ1) is 16.1. The van der Waals surface area contributed by atoms with Crippen LogP contribution < -0.4 is 15.4 Å². The molecule has 0 saturated heterocycles. The van der Waals surface area contributed by atoms with Crippen LogP contribution in [0.2, 0.25) is 0 Å². The van der Waals surface area contributed by atoms with Gasteiger partial charge in [-0.25, -0.2) is 0 Å². The van der Waals surface area contributed by atoms with Crippen molar-refractivity contribution in [3.63, 3.8) is 0 Å². The van der Waals surface area contributed by atoms with E-state index in [-0.39, 0.29) is 6.04 Å². The van der Waals surface area contributed by atoms with Crippen molar-refractivity contribution in [3.8, 4) is 5.75 Å². The van der Waals surface area contributed by atoms with Gasteiger partial charge in [-0.2, -0.15) is 0 Å². The molecule has 0 spiro atoms. The van der Waals surface area contributed by atoms with Gasteiger partial charge in [0.2, 0.25) is 0 Å². The maximum absolute atomic E-state index is 5.54. The predicted octanol–water partition coefficient (Wildman–Crippen LogP) is 6.87. The smallest absolute Gasteiger partial charge is 0.119 e. The SMILES string of the molecule is CCCC[C@H]1Cc2cc(OC)ccc2C(c2ccc(NC34CC5CC(CC(C5)C3)C4)cc2)N1. The number of benzene rings is 2. The summed E-state index contributed by atoms with van der Waals surface area (Å²) >= 11 is 0. The van der Waals surface area contributed by atoms with Crippen LogP contribution in [0.4, 0.5) is 5.69 Å². The maximum atomic E-state index is 5.54. The van der Waals surface area contributed by atoms with Gasteiger partial charge in [0.25, 0.3) is 0 Å². The summed E-state index contributed by atoms with van der Waals surface area (Å²) in [7, 11) is 1.77. The molecule has 1 unspecified atom stereocenters. The van der Waals surface area contributed by atoms with Gasteiger partial charge in [0, 0.05) is 17.3 Å². The Kier molecular flexibility index (Phi) is 5.64. The lowest BCUT2D eigenvalue weighted by Gasteiger charge is -2.57. The highest BCUT2D eigenvalue weighted by molar-refractivity contribution is 5.51. The summed E-state index contributed by atoms with van der Waals surface area (Å²) in [6.07, 6.45) is 13.5. The number of anilines is 1. The Balaban J connectivity index is 1.23. The number of fused-ring (bicyclic) bond motifs is 1. The highest BCUT2D eigenvalue weighted by Gasteiger charge is 2.50. The van der Waals surface area contributed by atoms with Crippen molar-refractivity contribution in [3.05, 3.63) is 59.2 Å². The summed E-state index contributed by atoms with van der Waals surface area (Å²) in [4.78, 5) is 0. The second-order valence-electron chi connectivity index (χ2n) is 11.7. The molecule has 4 bridgehead atoms. The van der Waals surface area contributed by atoms with E-state index >= 15 is 0 Å². The van der Waals surface area contributed by atoms with Gasteiger partial charge in [0.1, 0.15) is 5.75 Å². The average molecular weight is 445 g/mol.